The monoisotopic (exact) mass is 343 g/mol. The first kappa shape index (κ1) is 19.6. The van der Waals surface area contributed by atoms with E-state index in [1.165, 1.54) is 64.2 Å². The van der Waals surface area contributed by atoms with E-state index < -0.39 is 0 Å². The van der Waals surface area contributed by atoms with Crippen molar-refractivity contribution in [3.63, 3.8) is 0 Å². The number of hydrogen-bond acceptors (Lipinski definition) is 3. The highest BCUT2D eigenvalue weighted by Crippen LogP contribution is 2.16. The second kappa shape index (κ2) is 12.6. The molecule has 3 heteroatoms. The number of carbonyl (C=O) groups excluding carboxylic acids is 1. The minimum Gasteiger partial charge on any atom is -0.338 e. The van der Waals surface area contributed by atoms with Gasteiger partial charge in [0.15, 0.2) is 0 Å². The number of benzene rings is 1. The Morgan fingerprint density at radius 2 is 1.32 bits per heavy atom. The Labute approximate surface area is 152 Å². The van der Waals surface area contributed by atoms with Crippen LogP contribution in [0.15, 0.2) is 42.1 Å². The van der Waals surface area contributed by atoms with Crippen LogP contribution in [0, 0.1) is 0 Å². The topological polar surface area (TPSA) is 38.3 Å². The molecule has 0 spiro atoms. The quantitative estimate of drug-likeness (QED) is 0.653. The number of nitrogens with one attached hydrogen (secondary N) is 1. The minimum atomic E-state index is -0.322. The lowest BCUT2D eigenvalue weighted by Gasteiger charge is -2.11. The largest absolute Gasteiger partial charge is 0.362 e. The molecule has 0 radical (unpaired) electrons. The smallest absolute Gasteiger partial charge is 0.338 e. The maximum Gasteiger partial charge on any atom is 0.362 e. The molecule has 138 valence electrons. The van der Waals surface area contributed by atoms with Crippen LogP contribution in [0.4, 0.5) is 0 Å². The van der Waals surface area contributed by atoms with E-state index in [4.69, 9.17) is 4.84 Å². The van der Waals surface area contributed by atoms with Gasteiger partial charge in [0, 0.05) is 5.70 Å². The molecular formula is C22H33NO2. The molecule has 0 fully saturated rings. The highest BCUT2D eigenvalue weighted by molar-refractivity contribution is 5.89. The summed E-state index contributed by atoms with van der Waals surface area (Å²) in [4.78, 5) is 17.4. The molecule has 25 heavy (non-hydrogen) atoms. The molecule has 1 aromatic carbocycles. The van der Waals surface area contributed by atoms with E-state index in [-0.39, 0.29) is 5.97 Å². The predicted molar refractivity (Wildman–Crippen MR) is 103 cm³/mol. The second-order valence-electron chi connectivity index (χ2n) is 7.01. The van der Waals surface area contributed by atoms with Gasteiger partial charge < -0.3 is 4.84 Å². The van der Waals surface area contributed by atoms with Gasteiger partial charge >= 0.3 is 5.97 Å². The summed E-state index contributed by atoms with van der Waals surface area (Å²) in [5.41, 5.74) is 4.56. The van der Waals surface area contributed by atoms with Gasteiger partial charge in [-0.15, -0.1) is 0 Å². The molecule has 0 aromatic heterocycles. The van der Waals surface area contributed by atoms with Gasteiger partial charge in [-0.3, -0.25) is 0 Å². The molecule has 0 saturated heterocycles. The molecule has 3 nitrogen and oxygen atoms in total. The summed E-state index contributed by atoms with van der Waals surface area (Å²) >= 11 is 0. The Balaban J connectivity index is 1.81. The van der Waals surface area contributed by atoms with Gasteiger partial charge in [0.05, 0.1) is 5.56 Å². The van der Waals surface area contributed by atoms with Crippen molar-refractivity contribution >= 4 is 5.97 Å². The number of carbonyl (C=O) groups is 1. The molecule has 1 aliphatic carbocycles. The van der Waals surface area contributed by atoms with Gasteiger partial charge in [-0.1, -0.05) is 82.1 Å². The number of rotatable bonds is 3. The van der Waals surface area contributed by atoms with Crippen molar-refractivity contribution in [1.29, 1.82) is 0 Å². The van der Waals surface area contributed by atoms with Gasteiger partial charge in [0.2, 0.25) is 0 Å². The van der Waals surface area contributed by atoms with Crippen molar-refractivity contribution in [3.05, 3.63) is 47.7 Å². The van der Waals surface area contributed by atoms with Crippen LogP contribution in [0.1, 0.15) is 93.8 Å². The maximum absolute atomic E-state index is 12.1. The van der Waals surface area contributed by atoms with E-state index in [9.17, 15) is 4.79 Å². The molecule has 1 aliphatic rings. The molecule has 0 atom stereocenters. The summed E-state index contributed by atoms with van der Waals surface area (Å²) < 4.78 is 0. The molecule has 0 heterocycles. The predicted octanol–water partition coefficient (Wildman–Crippen LogP) is 6.32. The summed E-state index contributed by atoms with van der Waals surface area (Å²) in [5.74, 6) is -0.322. The summed E-state index contributed by atoms with van der Waals surface area (Å²) in [6.45, 7) is 0. The molecule has 0 amide bonds. The summed E-state index contributed by atoms with van der Waals surface area (Å²) in [6.07, 6.45) is 18.8. The third-order valence-electron chi connectivity index (χ3n) is 4.83. The van der Waals surface area contributed by atoms with Crippen LogP contribution in [0.25, 0.3) is 0 Å². The maximum atomic E-state index is 12.1. The molecule has 0 bridgehead atoms. The van der Waals surface area contributed by atoms with Crippen molar-refractivity contribution in [2.45, 2.75) is 83.5 Å². The van der Waals surface area contributed by atoms with Gasteiger partial charge in [0.1, 0.15) is 0 Å². The lowest BCUT2D eigenvalue weighted by Crippen LogP contribution is -2.19. The first-order chi connectivity index (χ1) is 12.4. The molecule has 2 rings (SSSR count). The SMILES string of the molecule is O=C(ON/C1=C/CCCCCCCCCCCCC1)c1ccccc1. The van der Waals surface area contributed by atoms with Crippen LogP contribution in [0.3, 0.4) is 0 Å². The average Bonchev–Trinajstić information content (AvgIpc) is 2.66. The third-order valence-corrected chi connectivity index (χ3v) is 4.83. The zero-order valence-corrected chi connectivity index (χ0v) is 15.5. The van der Waals surface area contributed by atoms with E-state index in [0.29, 0.717) is 5.56 Å². The molecular weight excluding hydrogens is 310 g/mol. The fourth-order valence-corrected chi connectivity index (χ4v) is 3.27. The summed E-state index contributed by atoms with van der Waals surface area (Å²) in [5, 5.41) is 0. The zero-order valence-electron chi connectivity index (χ0n) is 15.5. The van der Waals surface area contributed by atoms with Crippen molar-refractivity contribution < 1.29 is 9.63 Å². The standard InChI is InChI=1S/C22H33NO2/c24-22(20-16-12-11-13-17-20)25-23-21-18-14-9-7-5-3-1-2-4-6-8-10-15-19-21/h11-13,16-18,23H,1-10,14-15,19H2/b21-18+. The van der Waals surface area contributed by atoms with Gasteiger partial charge in [-0.05, 0) is 37.8 Å². The van der Waals surface area contributed by atoms with E-state index in [1.807, 2.05) is 18.2 Å². The van der Waals surface area contributed by atoms with Crippen LogP contribution >= 0.6 is 0 Å². The second-order valence-corrected chi connectivity index (χ2v) is 7.01. The molecule has 1 N–H and O–H groups in total. The van der Waals surface area contributed by atoms with Gasteiger partial charge in [0.25, 0.3) is 0 Å². The fourth-order valence-electron chi connectivity index (χ4n) is 3.27. The molecule has 0 aliphatic heterocycles. The highest BCUT2D eigenvalue weighted by Gasteiger charge is 2.07. The van der Waals surface area contributed by atoms with Crippen LogP contribution < -0.4 is 5.48 Å². The Hall–Kier alpha value is -1.77. The Morgan fingerprint density at radius 3 is 1.96 bits per heavy atom. The average molecular weight is 344 g/mol. The first-order valence-corrected chi connectivity index (χ1v) is 10.1. The fraction of sp³-hybridized carbons (Fsp3) is 0.591. The highest BCUT2D eigenvalue weighted by atomic mass is 16.7. The number of hydroxylamine groups is 1. The normalized spacial score (nSPS) is 20.4. The Morgan fingerprint density at radius 1 is 0.760 bits per heavy atom. The lowest BCUT2D eigenvalue weighted by atomic mass is 10.1. The van der Waals surface area contributed by atoms with Crippen LogP contribution in [0.2, 0.25) is 0 Å². The van der Waals surface area contributed by atoms with Crippen LogP contribution in [-0.4, -0.2) is 5.97 Å². The van der Waals surface area contributed by atoms with Crippen molar-refractivity contribution in [2.75, 3.05) is 0 Å². The first-order valence-electron chi connectivity index (χ1n) is 10.1. The number of allylic oxidation sites excluding steroid dienone is 2. The Bertz CT molecular complexity index is 510. The summed E-state index contributed by atoms with van der Waals surface area (Å²) in [7, 11) is 0. The van der Waals surface area contributed by atoms with Crippen LogP contribution in [0.5, 0.6) is 0 Å². The number of hydrogen-bond donors (Lipinski definition) is 1. The van der Waals surface area contributed by atoms with Crippen molar-refractivity contribution in [3.8, 4) is 0 Å². The molecule has 0 unspecified atom stereocenters. The van der Waals surface area contributed by atoms with E-state index >= 15 is 0 Å². The third kappa shape index (κ3) is 8.76. The zero-order chi connectivity index (χ0) is 17.6. The van der Waals surface area contributed by atoms with Crippen molar-refractivity contribution in [2.24, 2.45) is 0 Å². The van der Waals surface area contributed by atoms with E-state index in [1.54, 1.807) is 12.1 Å². The van der Waals surface area contributed by atoms with E-state index in [2.05, 4.69) is 11.6 Å². The van der Waals surface area contributed by atoms with Crippen molar-refractivity contribution in [1.82, 2.24) is 5.48 Å². The summed E-state index contributed by atoms with van der Waals surface area (Å²) in [6, 6.07) is 9.14. The van der Waals surface area contributed by atoms with Gasteiger partial charge in [-0.2, -0.15) is 0 Å². The molecule has 1 aromatic rings. The minimum absolute atomic E-state index is 0.322. The molecule has 0 saturated carbocycles. The van der Waals surface area contributed by atoms with E-state index in [0.717, 1.165) is 25.0 Å². The Kier molecular flexibility index (Phi) is 9.83. The van der Waals surface area contributed by atoms with Gasteiger partial charge in [-0.25, -0.2) is 10.3 Å². The van der Waals surface area contributed by atoms with Crippen LogP contribution in [-0.2, 0) is 4.84 Å². The lowest BCUT2D eigenvalue weighted by molar-refractivity contribution is 0.0316.